The molecular weight excluding hydrogens is 427 g/mol. The van der Waals surface area contributed by atoms with Crippen LogP contribution >= 0.6 is 0 Å². The minimum atomic E-state index is -0.833. The van der Waals surface area contributed by atoms with Gasteiger partial charge in [0.1, 0.15) is 11.5 Å². The minimum absolute atomic E-state index is 0. The van der Waals surface area contributed by atoms with Gasteiger partial charge in [0.15, 0.2) is 0 Å². The van der Waals surface area contributed by atoms with Gasteiger partial charge >= 0.3 is 0 Å². The molecule has 8 nitrogen and oxygen atoms in total. The van der Waals surface area contributed by atoms with E-state index in [0.29, 0.717) is 5.82 Å². The summed E-state index contributed by atoms with van der Waals surface area (Å²) in [4.78, 5) is 26.6. The maximum Gasteiger partial charge on any atom is 0.300 e. The van der Waals surface area contributed by atoms with Crippen LogP contribution in [0.25, 0.3) is 0 Å². The van der Waals surface area contributed by atoms with Crippen molar-refractivity contribution in [2.24, 2.45) is 5.10 Å². The number of nitrogens with zero attached hydrogens (tertiary/aromatic N) is 3. The molecule has 1 aromatic carbocycles. The van der Waals surface area contributed by atoms with Crippen molar-refractivity contribution in [2.75, 3.05) is 5.43 Å². The smallest absolute Gasteiger partial charge is 0.300 e. The Morgan fingerprint density at radius 1 is 0.800 bits per heavy atom. The third-order valence-electron chi connectivity index (χ3n) is 2.90. The van der Waals surface area contributed by atoms with Crippen LogP contribution in [0.3, 0.4) is 0 Å². The predicted molar refractivity (Wildman–Crippen MR) is 111 cm³/mol. The van der Waals surface area contributed by atoms with Crippen LogP contribution in [0.15, 0.2) is 84.2 Å². The molecule has 1 radical (unpaired) electrons. The second-order valence-corrected chi connectivity index (χ2v) is 5.41. The van der Waals surface area contributed by atoms with Crippen molar-refractivity contribution in [3.8, 4) is 0 Å². The van der Waals surface area contributed by atoms with E-state index in [1.165, 1.54) is 0 Å². The standard InChI is InChI=1S/C17H14N4.2C2H4O2.Mn/c1-2-8-14(9-3-1)17(15-10-4-6-12-18-15)21-20-16-11-5-7-13-19-16;2*1-2(3)4;/h1-13H,(H,19,20);2*1H3,(H,3,4);. The molecule has 0 saturated carbocycles. The SMILES string of the molecule is CC(=O)O.CC(=O)O.[Mn].c1ccc(C(=NNc2ccccn2)c2ccccn2)cc1. The fourth-order valence-electron chi connectivity index (χ4n) is 1.91. The number of benzene rings is 1. The minimum Gasteiger partial charge on any atom is -0.481 e. The van der Waals surface area contributed by atoms with Gasteiger partial charge < -0.3 is 10.2 Å². The van der Waals surface area contributed by atoms with Crippen LogP contribution in [0.1, 0.15) is 25.1 Å². The van der Waals surface area contributed by atoms with Crippen LogP contribution in [0.4, 0.5) is 5.82 Å². The Labute approximate surface area is 185 Å². The summed E-state index contributed by atoms with van der Waals surface area (Å²) in [7, 11) is 0. The van der Waals surface area contributed by atoms with Crippen molar-refractivity contribution in [1.29, 1.82) is 0 Å². The van der Waals surface area contributed by atoms with Crippen LogP contribution in [0.5, 0.6) is 0 Å². The van der Waals surface area contributed by atoms with Gasteiger partial charge in [0.25, 0.3) is 11.9 Å². The van der Waals surface area contributed by atoms with Crippen molar-refractivity contribution >= 4 is 23.5 Å². The van der Waals surface area contributed by atoms with Gasteiger partial charge in [0.2, 0.25) is 0 Å². The molecule has 2 heterocycles. The zero-order valence-corrected chi connectivity index (χ0v) is 17.6. The van der Waals surface area contributed by atoms with E-state index >= 15 is 0 Å². The number of aromatic nitrogens is 2. The van der Waals surface area contributed by atoms with Gasteiger partial charge in [-0.05, 0) is 24.3 Å². The molecule has 0 bridgehead atoms. The molecule has 0 aliphatic rings. The summed E-state index contributed by atoms with van der Waals surface area (Å²) in [5.74, 6) is -0.970. The second-order valence-electron chi connectivity index (χ2n) is 5.41. The second kappa shape index (κ2) is 15.4. The number of carboxylic acids is 2. The van der Waals surface area contributed by atoms with Gasteiger partial charge in [-0.15, -0.1) is 0 Å². The Hall–Kier alpha value is -3.55. The van der Waals surface area contributed by atoms with E-state index in [1.807, 2.05) is 66.7 Å². The number of hydrogen-bond donors (Lipinski definition) is 3. The number of carbonyl (C=O) groups is 2. The fraction of sp³-hybridized carbons (Fsp3) is 0.0952. The number of aliphatic carboxylic acids is 2. The Morgan fingerprint density at radius 3 is 1.77 bits per heavy atom. The van der Waals surface area contributed by atoms with Gasteiger partial charge in [0, 0.05) is 48.9 Å². The molecule has 157 valence electrons. The molecule has 9 heteroatoms. The maximum atomic E-state index is 9.00. The number of carboxylic acid groups (broad SMARTS) is 2. The monoisotopic (exact) mass is 449 g/mol. The van der Waals surface area contributed by atoms with Crippen LogP contribution in [-0.2, 0) is 26.7 Å². The van der Waals surface area contributed by atoms with Crippen LogP contribution < -0.4 is 5.43 Å². The molecule has 3 aromatic rings. The molecular formula is C21H22MnN4O4. The molecule has 0 amide bonds. The van der Waals surface area contributed by atoms with Gasteiger partial charge in [0.05, 0.1) is 5.69 Å². The summed E-state index contributed by atoms with van der Waals surface area (Å²) >= 11 is 0. The summed E-state index contributed by atoms with van der Waals surface area (Å²) in [6.45, 7) is 2.17. The third kappa shape index (κ3) is 12.0. The van der Waals surface area contributed by atoms with E-state index in [-0.39, 0.29) is 17.1 Å². The van der Waals surface area contributed by atoms with E-state index in [0.717, 1.165) is 30.8 Å². The maximum absolute atomic E-state index is 9.00. The number of anilines is 1. The Bertz CT molecular complexity index is 847. The van der Waals surface area contributed by atoms with Crippen LogP contribution in [-0.4, -0.2) is 37.8 Å². The largest absolute Gasteiger partial charge is 0.481 e. The van der Waals surface area contributed by atoms with Crippen molar-refractivity contribution in [3.63, 3.8) is 0 Å². The zero-order valence-electron chi connectivity index (χ0n) is 16.4. The third-order valence-corrected chi connectivity index (χ3v) is 2.90. The molecule has 3 N–H and O–H groups in total. The van der Waals surface area contributed by atoms with Crippen molar-refractivity contribution in [2.45, 2.75) is 13.8 Å². The van der Waals surface area contributed by atoms with E-state index in [9.17, 15) is 0 Å². The first-order valence-electron chi connectivity index (χ1n) is 8.50. The Kier molecular flexibility index (Phi) is 13.6. The van der Waals surface area contributed by atoms with Crippen molar-refractivity contribution < 1.29 is 36.9 Å². The molecule has 0 spiro atoms. The summed E-state index contributed by atoms with van der Waals surface area (Å²) < 4.78 is 0. The number of hydrogen-bond acceptors (Lipinski definition) is 6. The van der Waals surface area contributed by atoms with Gasteiger partial charge in [-0.1, -0.05) is 42.5 Å². The molecule has 0 aliphatic carbocycles. The van der Waals surface area contributed by atoms with E-state index in [4.69, 9.17) is 19.8 Å². The number of nitrogens with one attached hydrogen (secondary N) is 1. The average Bonchev–Trinajstić information content (AvgIpc) is 2.70. The molecule has 0 atom stereocenters. The predicted octanol–water partition coefficient (Wildman–Crippen LogP) is 3.52. The first-order valence-corrected chi connectivity index (χ1v) is 8.50. The molecule has 3 rings (SSSR count). The van der Waals surface area contributed by atoms with Crippen LogP contribution in [0.2, 0.25) is 0 Å². The van der Waals surface area contributed by atoms with Gasteiger partial charge in [-0.25, -0.2) is 4.98 Å². The molecule has 30 heavy (non-hydrogen) atoms. The average molecular weight is 449 g/mol. The van der Waals surface area contributed by atoms with Gasteiger partial charge in [-0.2, -0.15) is 5.10 Å². The number of hydrazone groups is 1. The molecule has 0 fully saturated rings. The zero-order chi connectivity index (χ0) is 21.5. The molecule has 0 saturated heterocycles. The summed E-state index contributed by atoms with van der Waals surface area (Å²) in [6, 6.07) is 21.4. The first kappa shape index (κ1) is 26.4. The summed E-state index contributed by atoms with van der Waals surface area (Å²) in [5.41, 5.74) is 5.57. The quantitative estimate of drug-likeness (QED) is 0.316. The van der Waals surface area contributed by atoms with Crippen molar-refractivity contribution in [1.82, 2.24) is 9.97 Å². The number of pyridine rings is 2. The molecule has 0 aliphatic heterocycles. The van der Waals surface area contributed by atoms with E-state index in [2.05, 4.69) is 20.5 Å². The van der Waals surface area contributed by atoms with Crippen LogP contribution in [0, 0.1) is 0 Å². The summed E-state index contributed by atoms with van der Waals surface area (Å²) in [5, 5.41) is 19.3. The normalized spacial score (nSPS) is 9.47. The van der Waals surface area contributed by atoms with E-state index < -0.39 is 11.9 Å². The molecule has 0 unspecified atom stereocenters. The Balaban J connectivity index is 0.000000808. The molecule has 2 aromatic heterocycles. The van der Waals surface area contributed by atoms with Gasteiger partial charge in [-0.3, -0.25) is 20.0 Å². The summed E-state index contributed by atoms with van der Waals surface area (Å²) in [6.07, 6.45) is 3.48. The first-order chi connectivity index (χ1) is 13.9. The Morgan fingerprint density at radius 2 is 1.30 bits per heavy atom. The van der Waals surface area contributed by atoms with E-state index in [1.54, 1.807) is 12.4 Å². The number of rotatable bonds is 4. The van der Waals surface area contributed by atoms with Crippen molar-refractivity contribution in [3.05, 3.63) is 90.4 Å². The fourth-order valence-corrected chi connectivity index (χ4v) is 1.91. The topological polar surface area (TPSA) is 125 Å².